The van der Waals surface area contributed by atoms with E-state index in [0.29, 0.717) is 58.8 Å². The van der Waals surface area contributed by atoms with Crippen LogP contribution in [0.3, 0.4) is 0 Å². The molecule has 36 heavy (non-hydrogen) atoms. The van der Waals surface area contributed by atoms with E-state index in [2.05, 4.69) is 28.0 Å². The van der Waals surface area contributed by atoms with Crippen molar-refractivity contribution in [3.8, 4) is 6.07 Å². The number of thioether (sulfide) groups is 1. The summed E-state index contributed by atoms with van der Waals surface area (Å²) in [5.41, 5.74) is 2.20. The van der Waals surface area contributed by atoms with Gasteiger partial charge in [-0.15, -0.1) is 0 Å². The number of anilines is 2. The van der Waals surface area contributed by atoms with Crippen LogP contribution >= 0.6 is 24.0 Å². The highest BCUT2D eigenvalue weighted by Crippen LogP contribution is 2.36. The van der Waals surface area contributed by atoms with E-state index in [1.165, 1.54) is 22.0 Å². The van der Waals surface area contributed by atoms with Crippen molar-refractivity contribution in [2.75, 3.05) is 56.2 Å². The molecule has 2 aliphatic rings. The topological polar surface area (TPSA) is 81.8 Å². The maximum absolute atomic E-state index is 13.2. The number of thiocarbonyl (C=S) groups is 1. The highest BCUT2D eigenvalue weighted by atomic mass is 32.2. The van der Waals surface area contributed by atoms with Crippen molar-refractivity contribution in [2.45, 2.75) is 13.3 Å². The van der Waals surface area contributed by atoms with Gasteiger partial charge in [0.15, 0.2) is 0 Å². The standard InChI is InChI=1S/C26H29N5O3S2/c1-18-20(16-22-25(33)31(26(35)36-22)10-7-15-34-3)23(28(2)24(32)21(18)17-27)30-13-11-29(12-14-30)19-8-5-4-6-9-19/h4-6,8-9,16H,7,10-15H2,1-3H3/b22-16-. The zero-order valence-electron chi connectivity index (χ0n) is 20.7. The molecule has 3 heterocycles. The van der Waals surface area contributed by atoms with E-state index in [0.717, 1.165) is 13.1 Å². The minimum absolute atomic E-state index is 0.0889. The molecule has 0 saturated carbocycles. The highest BCUT2D eigenvalue weighted by Gasteiger charge is 2.33. The van der Waals surface area contributed by atoms with E-state index in [-0.39, 0.29) is 17.0 Å². The molecule has 1 amide bonds. The number of aromatic nitrogens is 1. The van der Waals surface area contributed by atoms with Gasteiger partial charge in [0.1, 0.15) is 21.8 Å². The second-order valence-corrected chi connectivity index (χ2v) is 10.4. The van der Waals surface area contributed by atoms with Gasteiger partial charge in [0.25, 0.3) is 11.5 Å². The monoisotopic (exact) mass is 523 g/mol. The molecule has 0 spiro atoms. The Morgan fingerprint density at radius 3 is 2.44 bits per heavy atom. The van der Waals surface area contributed by atoms with Gasteiger partial charge in [-0.3, -0.25) is 19.1 Å². The van der Waals surface area contributed by atoms with Gasteiger partial charge in [0.2, 0.25) is 0 Å². The van der Waals surface area contributed by atoms with Crippen LogP contribution in [0.1, 0.15) is 23.1 Å². The number of carbonyl (C=O) groups is 1. The molecular formula is C26H29N5O3S2. The fourth-order valence-electron chi connectivity index (χ4n) is 4.60. The second kappa shape index (κ2) is 11.3. The second-order valence-electron chi connectivity index (χ2n) is 8.70. The molecule has 2 fully saturated rings. The molecule has 188 valence electrons. The number of benzene rings is 1. The lowest BCUT2D eigenvalue weighted by Gasteiger charge is -2.38. The normalized spacial score (nSPS) is 17.3. The third-order valence-electron chi connectivity index (χ3n) is 6.55. The van der Waals surface area contributed by atoms with Crippen LogP contribution in [-0.4, -0.2) is 66.1 Å². The molecular weight excluding hydrogens is 494 g/mol. The summed E-state index contributed by atoms with van der Waals surface area (Å²) in [4.78, 5) is 32.8. The minimum atomic E-state index is -0.334. The summed E-state index contributed by atoms with van der Waals surface area (Å²) in [6.45, 7) is 5.78. The summed E-state index contributed by atoms with van der Waals surface area (Å²) < 4.78 is 7.14. The van der Waals surface area contributed by atoms with Gasteiger partial charge < -0.3 is 14.5 Å². The number of piperazine rings is 1. The summed E-state index contributed by atoms with van der Waals surface area (Å²) in [5, 5.41) is 9.71. The van der Waals surface area contributed by atoms with Crippen LogP contribution in [0.2, 0.25) is 0 Å². The Morgan fingerprint density at radius 1 is 1.14 bits per heavy atom. The summed E-state index contributed by atoms with van der Waals surface area (Å²) in [7, 11) is 3.31. The number of carbonyl (C=O) groups excluding carboxylic acids is 1. The van der Waals surface area contributed by atoms with Gasteiger partial charge in [-0.2, -0.15) is 5.26 Å². The number of nitriles is 1. The van der Waals surface area contributed by atoms with Gasteiger partial charge >= 0.3 is 0 Å². The van der Waals surface area contributed by atoms with Crippen molar-refractivity contribution in [3.05, 3.63) is 62.3 Å². The number of methoxy groups -OCH3 is 1. The maximum Gasteiger partial charge on any atom is 0.270 e. The molecule has 1 aromatic heterocycles. The Kier molecular flexibility index (Phi) is 8.14. The Bertz CT molecular complexity index is 1290. The lowest BCUT2D eigenvalue weighted by Crippen LogP contribution is -2.48. The molecule has 8 nitrogen and oxygen atoms in total. The molecule has 0 unspecified atom stereocenters. The van der Waals surface area contributed by atoms with Crippen LogP contribution in [0, 0.1) is 18.3 Å². The average molecular weight is 524 g/mol. The van der Waals surface area contributed by atoms with Crippen molar-refractivity contribution in [1.29, 1.82) is 5.26 Å². The quantitative estimate of drug-likeness (QED) is 0.311. The third kappa shape index (κ3) is 5.05. The van der Waals surface area contributed by atoms with Crippen LogP contribution in [0.25, 0.3) is 6.08 Å². The third-order valence-corrected chi connectivity index (χ3v) is 7.93. The molecule has 10 heteroatoms. The van der Waals surface area contributed by atoms with Crippen molar-refractivity contribution in [1.82, 2.24) is 9.47 Å². The Labute approximate surface area is 220 Å². The Morgan fingerprint density at radius 2 is 1.81 bits per heavy atom. The van der Waals surface area contributed by atoms with Crippen LogP contribution in [0.5, 0.6) is 0 Å². The number of nitrogens with zero attached hydrogens (tertiary/aromatic N) is 5. The van der Waals surface area contributed by atoms with Crippen molar-refractivity contribution < 1.29 is 9.53 Å². The van der Waals surface area contributed by atoms with E-state index in [9.17, 15) is 14.9 Å². The first-order valence-electron chi connectivity index (χ1n) is 11.8. The van der Waals surface area contributed by atoms with Crippen LogP contribution in [-0.2, 0) is 16.6 Å². The lowest BCUT2D eigenvalue weighted by atomic mass is 10.0. The number of pyridine rings is 1. The largest absolute Gasteiger partial charge is 0.385 e. The van der Waals surface area contributed by atoms with Crippen molar-refractivity contribution in [2.24, 2.45) is 7.05 Å². The minimum Gasteiger partial charge on any atom is -0.385 e. The number of para-hydroxylation sites is 1. The first-order chi connectivity index (χ1) is 17.4. The fraction of sp³-hybridized carbons (Fsp3) is 0.385. The lowest BCUT2D eigenvalue weighted by molar-refractivity contribution is -0.122. The number of rotatable bonds is 7. The average Bonchev–Trinajstić information content (AvgIpc) is 3.16. The summed E-state index contributed by atoms with van der Waals surface area (Å²) >= 11 is 6.72. The molecule has 0 atom stereocenters. The smallest absolute Gasteiger partial charge is 0.270 e. The molecule has 0 bridgehead atoms. The van der Waals surface area contributed by atoms with Gasteiger partial charge in [-0.1, -0.05) is 42.2 Å². The van der Waals surface area contributed by atoms with E-state index >= 15 is 0 Å². The first kappa shape index (κ1) is 25.9. The molecule has 2 saturated heterocycles. The van der Waals surface area contributed by atoms with Gasteiger partial charge in [-0.25, -0.2) is 0 Å². The molecule has 0 radical (unpaired) electrons. The summed E-state index contributed by atoms with van der Waals surface area (Å²) in [5.74, 6) is 0.557. The number of ether oxygens (including phenoxy) is 1. The van der Waals surface area contributed by atoms with E-state index in [1.54, 1.807) is 32.1 Å². The van der Waals surface area contributed by atoms with E-state index < -0.39 is 0 Å². The summed E-state index contributed by atoms with van der Waals surface area (Å²) in [6.07, 6.45) is 2.48. The fourth-order valence-corrected chi connectivity index (χ4v) is 5.89. The molecule has 0 N–H and O–H groups in total. The Hall–Kier alpha value is -3.13. The van der Waals surface area contributed by atoms with Gasteiger partial charge in [-0.05, 0) is 37.1 Å². The molecule has 2 aliphatic heterocycles. The summed E-state index contributed by atoms with van der Waals surface area (Å²) in [6, 6.07) is 12.3. The van der Waals surface area contributed by atoms with Crippen molar-refractivity contribution >= 4 is 51.8 Å². The maximum atomic E-state index is 13.2. The van der Waals surface area contributed by atoms with Crippen LogP contribution < -0.4 is 15.4 Å². The van der Waals surface area contributed by atoms with E-state index in [4.69, 9.17) is 17.0 Å². The predicted molar refractivity (Wildman–Crippen MR) is 148 cm³/mol. The molecule has 2 aromatic rings. The van der Waals surface area contributed by atoms with Gasteiger partial charge in [0.05, 0.1) is 4.91 Å². The number of hydrogen-bond acceptors (Lipinski definition) is 8. The highest BCUT2D eigenvalue weighted by molar-refractivity contribution is 8.26. The molecule has 4 rings (SSSR count). The van der Waals surface area contributed by atoms with E-state index in [1.807, 2.05) is 18.2 Å². The molecule has 0 aliphatic carbocycles. The zero-order chi connectivity index (χ0) is 25.8. The first-order valence-corrected chi connectivity index (χ1v) is 13.0. The Balaban J connectivity index is 1.69. The number of amides is 1. The van der Waals surface area contributed by atoms with Gasteiger partial charge in [0, 0.05) is 64.7 Å². The SMILES string of the molecule is COCCCN1C(=O)/C(=C/c2c(C)c(C#N)c(=O)n(C)c2N2CCN(c3ccccc3)CC2)SC1=S. The van der Waals surface area contributed by atoms with Crippen LogP contribution in [0.4, 0.5) is 11.5 Å². The molecule has 1 aromatic carbocycles. The zero-order valence-corrected chi connectivity index (χ0v) is 22.3. The van der Waals surface area contributed by atoms with Crippen molar-refractivity contribution in [3.63, 3.8) is 0 Å². The van der Waals surface area contributed by atoms with Crippen LogP contribution in [0.15, 0.2) is 40.0 Å². The number of hydrogen-bond donors (Lipinski definition) is 0. The predicted octanol–water partition coefficient (Wildman–Crippen LogP) is 3.13.